The number of aliphatic hydroxyl groups is 1. The van der Waals surface area contributed by atoms with Crippen LogP contribution in [0.25, 0.3) is 0 Å². The van der Waals surface area contributed by atoms with Gasteiger partial charge in [0.25, 0.3) is 0 Å². The van der Waals surface area contributed by atoms with E-state index in [2.05, 4.69) is 15.6 Å². The first-order chi connectivity index (χ1) is 13.1. The number of nitrogens with one attached hydrogen (secondary N) is 2. The van der Waals surface area contributed by atoms with Gasteiger partial charge in [-0.25, -0.2) is 4.99 Å². The zero-order chi connectivity index (χ0) is 19.6. The fourth-order valence-corrected chi connectivity index (χ4v) is 2.61. The maximum absolute atomic E-state index is 10.3. The van der Waals surface area contributed by atoms with E-state index in [4.69, 9.17) is 21.1 Å². The lowest BCUT2D eigenvalue weighted by Crippen LogP contribution is -2.39. The van der Waals surface area contributed by atoms with Gasteiger partial charge in [-0.1, -0.05) is 23.7 Å². The highest BCUT2D eigenvalue weighted by Gasteiger charge is 2.09. The molecule has 1 unspecified atom stereocenters. The second-order valence-corrected chi connectivity index (χ2v) is 6.26. The molecular formula is C20H26ClN3O3. The molecular weight excluding hydrogens is 366 g/mol. The highest BCUT2D eigenvalue weighted by molar-refractivity contribution is 6.30. The van der Waals surface area contributed by atoms with E-state index in [1.807, 2.05) is 25.1 Å². The van der Waals surface area contributed by atoms with Crippen LogP contribution in [0.15, 0.2) is 47.5 Å². The molecule has 0 aliphatic carbocycles. The number of aliphatic hydroxyl groups excluding tert-OH is 1. The number of rotatable bonds is 8. The monoisotopic (exact) mass is 391 g/mol. The molecule has 0 aromatic heterocycles. The van der Waals surface area contributed by atoms with Crippen molar-refractivity contribution in [1.82, 2.24) is 10.6 Å². The SMILES string of the molecule is CCNC(=NCc1ccc(OC)cc1OC)NCC(O)c1ccc(Cl)cc1. The van der Waals surface area contributed by atoms with E-state index in [0.717, 1.165) is 22.6 Å². The van der Waals surface area contributed by atoms with Crippen LogP contribution in [0.5, 0.6) is 11.5 Å². The molecule has 0 aliphatic rings. The van der Waals surface area contributed by atoms with E-state index < -0.39 is 6.10 Å². The molecule has 2 aromatic rings. The Hall–Kier alpha value is -2.44. The minimum Gasteiger partial charge on any atom is -0.497 e. The number of benzene rings is 2. The van der Waals surface area contributed by atoms with Crippen LogP contribution in [-0.2, 0) is 6.54 Å². The molecule has 6 nitrogen and oxygen atoms in total. The van der Waals surface area contributed by atoms with Gasteiger partial charge >= 0.3 is 0 Å². The molecule has 27 heavy (non-hydrogen) atoms. The van der Waals surface area contributed by atoms with Gasteiger partial charge in [-0.15, -0.1) is 0 Å². The van der Waals surface area contributed by atoms with Gasteiger partial charge in [0.15, 0.2) is 5.96 Å². The van der Waals surface area contributed by atoms with Crippen LogP contribution in [-0.4, -0.2) is 38.4 Å². The largest absolute Gasteiger partial charge is 0.497 e. The Morgan fingerprint density at radius 3 is 2.48 bits per heavy atom. The molecule has 0 bridgehead atoms. The summed E-state index contributed by atoms with van der Waals surface area (Å²) in [7, 11) is 3.24. The minimum absolute atomic E-state index is 0.327. The summed E-state index contributed by atoms with van der Waals surface area (Å²) in [6.07, 6.45) is -0.665. The molecule has 3 N–H and O–H groups in total. The van der Waals surface area contributed by atoms with Crippen molar-refractivity contribution in [2.75, 3.05) is 27.3 Å². The van der Waals surface area contributed by atoms with Crippen molar-refractivity contribution in [1.29, 1.82) is 0 Å². The van der Waals surface area contributed by atoms with Crippen molar-refractivity contribution in [3.8, 4) is 11.5 Å². The molecule has 146 valence electrons. The van der Waals surface area contributed by atoms with E-state index in [0.29, 0.717) is 30.6 Å². The fraction of sp³-hybridized carbons (Fsp3) is 0.350. The molecule has 1 atom stereocenters. The number of guanidine groups is 1. The Morgan fingerprint density at radius 2 is 1.85 bits per heavy atom. The average Bonchev–Trinajstić information content (AvgIpc) is 2.70. The Balaban J connectivity index is 2.02. The molecule has 0 aliphatic heterocycles. The maximum atomic E-state index is 10.3. The van der Waals surface area contributed by atoms with Crippen molar-refractivity contribution >= 4 is 17.6 Å². The fourth-order valence-electron chi connectivity index (χ4n) is 2.48. The number of methoxy groups -OCH3 is 2. The Kier molecular flexibility index (Phi) is 8.23. The summed E-state index contributed by atoms with van der Waals surface area (Å²) in [6, 6.07) is 12.8. The molecule has 2 rings (SSSR count). The van der Waals surface area contributed by atoms with Gasteiger partial charge in [-0.3, -0.25) is 0 Å². The minimum atomic E-state index is -0.665. The van der Waals surface area contributed by atoms with E-state index in [1.54, 1.807) is 38.5 Å². The topological polar surface area (TPSA) is 75.1 Å². The van der Waals surface area contributed by atoms with E-state index >= 15 is 0 Å². The Bertz CT molecular complexity index is 751. The quantitative estimate of drug-likeness (QED) is 0.476. The van der Waals surface area contributed by atoms with Crippen LogP contribution in [0, 0.1) is 0 Å². The number of ether oxygens (including phenoxy) is 2. The first-order valence-electron chi connectivity index (χ1n) is 8.74. The highest BCUT2D eigenvalue weighted by Crippen LogP contribution is 2.25. The van der Waals surface area contributed by atoms with Crippen molar-refractivity contribution in [2.45, 2.75) is 19.6 Å². The number of aliphatic imine (C=N–C) groups is 1. The number of hydrogen-bond acceptors (Lipinski definition) is 4. The first-order valence-corrected chi connectivity index (χ1v) is 9.11. The predicted molar refractivity (Wildman–Crippen MR) is 109 cm³/mol. The summed E-state index contributed by atoms with van der Waals surface area (Å²) >= 11 is 5.88. The zero-order valence-corrected chi connectivity index (χ0v) is 16.6. The van der Waals surface area contributed by atoms with Gasteiger partial charge in [-0.2, -0.15) is 0 Å². The second kappa shape index (κ2) is 10.6. The van der Waals surface area contributed by atoms with Crippen LogP contribution < -0.4 is 20.1 Å². The Labute approximate surface area is 165 Å². The van der Waals surface area contributed by atoms with Crippen LogP contribution in [0.4, 0.5) is 0 Å². The van der Waals surface area contributed by atoms with Gasteiger partial charge in [0.2, 0.25) is 0 Å². The molecule has 0 amide bonds. The third-order valence-electron chi connectivity index (χ3n) is 3.96. The van der Waals surface area contributed by atoms with Gasteiger partial charge in [-0.05, 0) is 36.8 Å². The average molecular weight is 392 g/mol. The zero-order valence-electron chi connectivity index (χ0n) is 15.8. The van der Waals surface area contributed by atoms with Gasteiger partial charge in [0.05, 0.1) is 26.9 Å². The highest BCUT2D eigenvalue weighted by atomic mass is 35.5. The lowest BCUT2D eigenvalue weighted by molar-refractivity contribution is 0.181. The van der Waals surface area contributed by atoms with E-state index in [1.165, 1.54) is 0 Å². The number of nitrogens with zero attached hydrogens (tertiary/aromatic N) is 1. The second-order valence-electron chi connectivity index (χ2n) is 5.82. The molecule has 0 spiro atoms. The van der Waals surface area contributed by atoms with Crippen molar-refractivity contribution in [3.63, 3.8) is 0 Å². The normalized spacial score (nSPS) is 12.4. The number of hydrogen-bond donors (Lipinski definition) is 3. The van der Waals surface area contributed by atoms with Crippen molar-refractivity contribution in [3.05, 3.63) is 58.6 Å². The molecule has 0 radical (unpaired) electrons. The van der Waals surface area contributed by atoms with Crippen molar-refractivity contribution in [2.24, 2.45) is 4.99 Å². The summed E-state index contributed by atoms with van der Waals surface area (Å²) in [5.41, 5.74) is 1.73. The third-order valence-corrected chi connectivity index (χ3v) is 4.22. The molecule has 0 saturated carbocycles. The lowest BCUT2D eigenvalue weighted by atomic mass is 10.1. The van der Waals surface area contributed by atoms with Gasteiger partial charge < -0.3 is 25.2 Å². The first kappa shape index (κ1) is 20.9. The summed E-state index contributed by atoms with van der Waals surface area (Å²) in [5.74, 6) is 2.06. The molecule has 0 heterocycles. The van der Waals surface area contributed by atoms with Crippen molar-refractivity contribution < 1.29 is 14.6 Å². The molecule has 0 fully saturated rings. The summed E-state index contributed by atoms with van der Waals surface area (Å²) < 4.78 is 10.6. The Morgan fingerprint density at radius 1 is 1.11 bits per heavy atom. The van der Waals surface area contributed by atoms with Crippen LogP contribution in [0.2, 0.25) is 5.02 Å². The van der Waals surface area contributed by atoms with Gasteiger partial charge in [0.1, 0.15) is 11.5 Å². The van der Waals surface area contributed by atoms with E-state index in [9.17, 15) is 5.11 Å². The summed E-state index contributed by atoms with van der Waals surface area (Å²) in [4.78, 5) is 4.57. The number of halogens is 1. The maximum Gasteiger partial charge on any atom is 0.191 e. The standard InChI is InChI=1S/C20H26ClN3O3/c1-4-22-20(24-13-18(25)14-5-8-16(21)9-6-14)23-12-15-7-10-17(26-2)11-19(15)27-3/h5-11,18,25H,4,12-13H2,1-3H3,(H2,22,23,24). The lowest BCUT2D eigenvalue weighted by Gasteiger charge is -2.16. The van der Waals surface area contributed by atoms with Crippen LogP contribution in [0.1, 0.15) is 24.2 Å². The van der Waals surface area contributed by atoms with E-state index in [-0.39, 0.29) is 0 Å². The van der Waals surface area contributed by atoms with Crippen LogP contribution in [0.3, 0.4) is 0 Å². The summed E-state index contributed by atoms with van der Waals surface area (Å²) in [6.45, 7) is 3.45. The summed E-state index contributed by atoms with van der Waals surface area (Å²) in [5, 5.41) is 17.3. The predicted octanol–water partition coefficient (Wildman–Crippen LogP) is 3.15. The van der Waals surface area contributed by atoms with Crippen LogP contribution >= 0.6 is 11.6 Å². The third kappa shape index (κ3) is 6.34. The molecule has 7 heteroatoms. The molecule has 0 saturated heterocycles. The smallest absolute Gasteiger partial charge is 0.191 e. The molecule has 2 aromatic carbocycles. The van der Waals surface area contributed by atoms with Gasteiger partial charge in [0, 0.05) is 29.7 Å².